The summed E-state index contributed by atoms with van der Waals surface area (Å²) in [5.41, 5.74) is 3.85. The molecular weight excluding hydrogens is 444 g/mol. The van der Waals surface area contributed by atoms with Gasteiger partial charge in [-0.3, -0.25) is 4.79 Å². The van der Waals surface area contributed by atoms with Crippen molar-refractivity contribution in [3.63, 3.8) is 0 Å². The van der Waals surface area contributed by atoms with Crippen LogP contribution in [-0.4, -0.2) is 45.4 Å². The van der Waals surface area contributed by atoms with Crippen LogP contribution in [0.25, 0.3) is 11.4 Å². The molecule has 0 atom stereocenters. The number of benzene rings is 2. The van der Waals surface area contributed by atoms with Gasteiger partial charge < -0.3 is 9.47 Å². The minimum absolute atomic E-state index is 0.141. The zero-order valence-corrected chi connectivity index (χ0v) is 18.2. The number of thiophene rings is 1. The van der Waals surface area contributed by atoms with Gasteiger partial charge in [0.2, 0.25) is 5.82 Å². The van der Waals surface area contributed by atoms with Gasteiger partial charge in [0.1, 0.15) is 11.4 Å². The van der Waals surface area contributed by atoms with E-state index in [1.165, 1.54) is 29.5 Å². The summed E-state index contributed by atoms with van der Waals surface area (Å²) < 4.78 is 10.7. The number of tetrazole rings is 1. The van der Waals surface area contributed by atoms with Crippen molar-refractivity contribution in [3.8, 4) is 22.9 Å². The Morgan fingerprint density at radius 3 is 2.73 bits per heavy atom. The molecule has 2 aromatic carbocycles. The zero-order valence-electron chi connectivity index (χ0n) is 17.4. The lowest BCUT2D eigenvalue weighted by atomic mass is 10.2. The molecule has 0 unspecified atom stereocenters. The predicted molar refractivity (Wildman–Crippen MR) is 121 cm³/mol. The third-order valence-corrected chi connectivity index (χ3v) is 5.14. The number of hydrazone groups is 1. The van der Waals surface area contributed by atoms with E-state index in [1.807, 2.05) is 30.3 Å². The van der Waals surface area contributed by atoms with Crippen LogP contribution in [0, 0.1) is 0 Å². The molecule has 0 fully saturated rings. The average Bonchev–Trinajstić information content (AvgIpc) is 3.53. The van der Waals surface area contributed by atoms with Gasteiger partial charge in [-0.15, -0.1) is 21.5 Å². The smallest absolute Gasteiger partial charge is 0.353 e. The monoisotopic (exact) mass is 462 g/mol. The Hall–Kier alpha value is -4.38. The topological polar surface area (TPSA) is 121 Å². The van der Waals surface area contributed by atoms with Gasteiger partial charge in [-0.2, -0.15) is 9.90 Å². The van der Waals surface area contributed by atoms with Crippen molar-refractivity contribution >= 4 is 29.4 Å². The minimum atomic E-state index is -0.464. The van der Waals surface area contributed by atoms with E-state index in [1.54, 1.807) is 35.7 Å². The summed E-state index contributed by atoms with van der Waals surface area (Å²) in [5, 5.41) is 17.7. The number of carbonyl (C=O) groups excluding carboxylic acids is 2. The number of amides is 1. The van der Waals surface area contributed by atoms with E-state index in [0.29, 0.717) is 22.0 Å². The Morgan fingerprint density at radius 2 is 1.97 bits per heavy atom. The molecule has 4 aromatic rings. The molecule has 33 heavy (non-hydrogen) atoms. The summed E-state index contributed by atoms with van der Waals surface area (Å²) in [6, 6.07) is 17.7. The second-order valence-electron chi connectivity index (χ2n) is 6.58. The van der Waals surface area contributed by atoms with Crippen molar-refractivity contribution in [2.75, 3.05) is 7.11 Å². The quantitative estimate of drug-likeness (QED) is 0.185. The molecule has 0 radical (unpaired) electrons. The van der Waals surface area contributed by atoms with Crippen molar-refractivity contribution in [3.05, 3.63) is 76.5 Å². The Bertz CT molecular complexity index is 1270. The fourth-order valence-corrected chi connectivity index (χ4v) is 3.35. The van der Waals surface area contributed by atoms with Crippen molar-refractivity contribution < 1.29 is 19.1 Å². The van der Waals surface area contributed by atoms with Crippen LogP contribution in [0.1, 0.15) is 15.2 Å². The van der Waals surface area contributed by atoms with Crippen LogP contribution >= 0.6 is 11.3 Å². The number of nitrogens with one attached hydrogen (secondary N) is 1. The molecule has 0 aliphatic carbocycles. The molecule has 1 N–H and O–H groups in total. The van der Waals surface area contributed by atoms with Crippen LogP contribution in [0.15, 0.2) is 71.1 Å². The predicted octanol–water partition coefficient (Wildman–Crippen LogP) is 2.78. The van der Waals surface area contributed by atoms with Gasteiger partial charge in [-0.25, -0.2) is 10.2 Å². The van der Waals surface area contributed by atoms with Crippen LogP contribution in [0.3, 0.4) is 0 Å². The lowest BCUT2D eigenvalue weighted by molar-refractivity contribution is -0.122. The SMILES string of the molecule is COc1cc(/C=N/NC(=O)Cn2nnc(-c3ccccc3)n2)ccc1OC(=O)c1cccs1. The highest BCUT2D eigenvalue weighted by Crippen LogP contribution is 2.28. The first kappa shape index (κ1) is 21.8. The van der Waals surface area contributed by atoms with Gasteiger partial charge in [0.15, 0.2) is 11.5 Å². The molecule has 4 rings (SSSR count). The van der Waals surface area contributed by atoms with Crippen molar-refractivity contribution in [1.82, 2.24) is 25.6 Å². The first-order chi connectivity index (χ1) is 16.1. The number of aromatic nitrogens is 4. The number of nitrogens with zero attached hydrogens (tertiary/aromatic N) is 5. The van der Waals surface area contributed by atoms with Gasteiger partial charge in [-0.05, 0) is 40.4 Å². The lowest BCUT2D eigenvalue weighted by Gasteiger charge is -2.09. The normalized spacial score (nSPS) is 10.8. The highest BCUT2D eigenvalue weighted by molar-refractivity contribution is 7.12. The number of carbonyl (C=O) groups is 2. The Morgan fingerprint density at radius 1 is 1.12 bits per heavy atom. The van der Waals surface area contributed by atoms with E-state index >= 15 is 0 Å². The maximum absolute atomic E-state index is 12.1. The van der Waals surface area contributed by atoms with Crippen LogP contribution < -0.4 is 14.9 Å². The van der Waals surface area contributed by atoms with Crippen molar-refractivity contribution in [2.45, 2.75) is 6.54 Å². The molecule has 0 saturated carbocycles. The first-order valence-corrected chi connectivity index (χ1v) is 10.6. The number of methoxy groups -OCH3 is 1. The molecule has 0 bridgehead atoms. The van der Waals surface area contributed by atoms with Crippen LogP contribution in [0.2, 0.25) is 0 Å². The van der Waals surface area contributed by atoms with Crippen molar-refractivity contribution in [2.24, 2.45) is 5.10 Å². The summed E-state index contributed by atoms with van der Waals surface area (Å²) in [7, 11) is 1.47. The zero-order chi connectivity index (χ0) is 23.0. The third-order valence-electron chi connectivity index (χ3n) is 4.29. The molecule has 0 spiro atoms. The van der Waals surface area contributed by atoms with Crippen molar-refractivity contribution in [1.29, 1.82) is 0 Å². The fraction of sp³-hybridized carbons (Fsp3) is 0.0909. The molecule has 0 saturated heterocycles. The molecule has 11 heteroatoms. The highest BCUT2D eigenvalue weighted by atomic mass is 32.1. The second-order valence-corrected chi connectivity index (χ2v) is 7.53. The number of hydrogen-bond donors (Lipinski definition) is 1. The van der Waals surface area contributed by atoms with Crippen LogP contribution in [0.4, 0.5) is 0 Å². The van der Waals surface area contributed by atoms with Gasteiger partial charge in [-0.1, -0.05) is 36.4 Å². The molecule has 0 aliphatic heterocycles. The Balaban J connectivity index is 1.33. The maximum Gasteiger partial charge on any atom is 0.353 e. The van der Waals surface area contributed by atoms with Gasteiger partial charge in [0.25, 0.3) is 5.91 Å². The van der Waals surface area contributed by atoms with Gasteiger partial charge in [0, 0.05) is 5.56 Å². The Labute approximate surface area is 192 Å². The summed E-state index contributed by atoms with van der Waals surface area (Å²) >= 11 is 1.29. The van der Waals surface area contributed by atoms with Crippen LogP contribution in [0.5, 0.6) is 11.5 Å². The number of esters is 1. The molecule has 2 heterocycles. The average molecular weight is 462 g/mol. The minimum Gasteiger partial charge on any atom is -0.493 e. The molecule has 166 valence electrons. The van der Waals surface area contributed by atoms with Gasteiger partial charge >= 0.3 is 5.97 Å². The number of hydrogen-bond acceptors (Lipinski definition) is 9. The standard InChI is InChI=1S/C22H18N6O4S/c1-31-18-12-15(9-10-17(18)32-22(30)19-8-5-11-33-19)13-23-24-20(29)14-28-26-21(25-27-28)16-6-3-2-4-7-16/h2-13H,14H2,1H3,(H,24,29)/b23-13+. The number of ether oxygens (including phenoxy) is 2. The Kier molecular flexibility index (Phi) is 6.81. The van der Waals surface area contributed by atoms with E-state index in [0.717, 1.165) is 5.56 Å². The maximum atomic E-state index is 12.1. The second kappa shape index (κ2) is 10.3. The molecule has 2 aromatic heterocycles. The molecule has 1 amide bonds. The highest BCUT2D eigenvalue weighted by Gasteiger charge is 2.13. The van der Waals surface area contributed by atoms with E-state index in [2.05, 4.69) is 25.9 Å². The third kappa shape index (κ3) is 5.66. The van der Waals surface area contributed by atoms with E-state index in [-0.39, 0.29) is 12.3 Å². The molecule has 0 aliphatic rings. The van der Waals surface area contributed by atoms with Gasteiger partial charge in [0.05, 0.1) is 13.3 Å². The molecular formula is C22H18N6O4S. The van der Waals surface area contributed by atoms with E-state index in [4.69, 9.17) is 9.47 Å². The lowest BCUT2D eigenvalue weighted by Crippen LogP contribution is -2.24. The fourth-order valence-electron chi connectivity index (χ4n) is 2.75. The van der Waals surface area contributed by atoms with Crippen LogP contribution in [-0.2, 0) is 11.3 Å². The largest absolute Gasteiger partial charge is 0.493 e. The van der Waals surface area contributed by atoms with E-state index < -0.39 is 11.9 Å². The number of rotatable bonds is 8. The summed E-state index contributed by atoms with van der Waals surface area (Å²) in [6.45, 7) is -0.141. The first-order valence-electron chi connectivity index (χ1n) is 9.71. The van der Waals surface area contributed by atoms with E-state index in [9.17, 15) is 9.59 Å². The summed E-state index contributed by atoms with van der Waals surface area (Å²) in [5.74, 6) is 0.184. The summed E-state index contributed by atoms with van der Waals surface area (Å²) in [4.78, 5) is 26.0. The molecule has 10 nitrogen and oxygen atoms in total. The summed E-state index contributed by atoms with van der Waals surface area (Å²) in [6.07, 6.45) is 1.44.